The summed E-state index contributed by atoms with van der Waals surface area (Å²) in [5, 5.41) is 9.16. The minimum atomic E-state index is -0.753. The minimum Gasteiger partial charge on any atom is -0.481 e. The van der Waals surface area contributed by atoms with Gasteiger partial charge in [0.1, 0.15) is 0 Å². The van der Waals surface area contributed by atoms with E-state index in [0.29, 0.717) is 12.8 Å². The SMILES string of the molecule is CCCCCCC(CC#CC#Cc1ccccc1)C(=O)O. The van der Waals surface area contributed by atoms with Gasteiger partial charge in [-0.05, 0) is 30.4 Å². The Labute approximate surface area is 127 Å². The maximum absolute atomic E-state index is 11.1. The number of carbonyl (C=O) groups is 1. The van der Waals surface area contributed by atoms with Gasteiger partial charge in [0.25, 0.3) is 0 Å². The number of hydrogen-bond acceptors (Lipinski definition) is 1. The first kappa shape index (κ1) is 16.9. The Bertz CT molecular complexity index is 538. The number of carboxylic acid groups (broad SMARTS) is 1. The largest absolute Gasteiger partial charge is 0.481 e. The molecule has 1 aromatic carbocycles. The van der Waals surface area contributed by atoms with Gasteiger partial charge in [0, 0.05) is 12.0 Å². The zero-order valence-electron chi connectivity index (χ0n) is 12.6. The van der Waals surface area contributed by atoms with Gasteiger partial charge in [-0.15, -0.1) is 0 Å². The normalized spacial score (nSPS) is 10.7. The highest BCUT2D eigenvalue weighted by molar-refractivity contribution is 5.70. The Morgan fingerprint density at radius 1 is 1.14 bits per heavy atom. The van der Waals surface area contributed by atoms with Crippen molar-refractivity contribution in [3.05, 3.63) is 35.9 Å². The molecule has 0 radical (unpaired) electrons. The molecular weight excluding hydrogens is 260 g/mol. The van der Waals surface area contributed by atoms with Crippen molar-refractivity contribution < 1.29 is 9.90 Å². The number of benzene rings is 1. The maximum atomic E-state index is 11.1. The summed E-state index contributed by atoms with van der Waals surface area (Å²) in [6, 6.07) is 9.63. The zero-order chi connectivity index (χ0) is 15.3. The standard InChI is InChI=1S/C19H22O2/c1-2-3-4-10-15-18(19(20)21)16-11-6-9-14-17-12-7-5-8-13-17/h5,7-8,12-13,18H,2-4,10,15-16H2,1H3,(H,20,21). The van der Waals surface area contributed by atoms with E-state index in [9.17, 15) is 4.79 Å². The van der Waals surface area contributed by atoms with E-state index in [1.165, 1.54) is 6.42 Å². The van der Waals surface area contributed by atoms with Gasteiger partial charge in [0.2, 0.25) is 0 Å². The van der Waals surface area contributed by atoms with Crippen LogP contribution in [-0.4, -0.2) is 11.1 Å². The molecule has 0 saturated heterocycles. The Morgan fingerprint density at radius 3 is 2.57 bits per heavy atom. The van der Waals surface area contributed by atoms with Crippen LogP contribution in [0.1, 0.15) is 51.0 Å². The molecular formula is C19H22O2. The fourth-order valence-electron chi connectivity index (χ4n) is 1.97. The summed E-state index contributed by atoms with van der Waals surface area (Å²) in [4.78, 5) is 11.1. The van der Waals surface area contributed by atoms with Gasteiger partial charge in [-0.2, -0.15) is 0 Å². The average molecular weight is 282 g/mol. The lowest BCUT2D eigenvalue weighted by molar-refractivity contribution is -0.141. The summed E-state index contributed by atoms with van der Waals surface area (Å²) < 4.78 is 0. The van der Waals surface area contributed by atoms with Crippen molar-refractivity contribution in [2.24, 2.45) is 5.92 Å². The molecule has 0 aliphatic heterocycles. The summed E-state index contributed by atoms with van der Waals surface area (Å²) in [6.07, 6.45) is 5.47. The van der Waals surface area contributed by atoms with Gasteiger partial charge < -0.3 is 5.11 Å². The van der Waals surface area contributed by atoms with Crippen LogP contribution < -0.4 is 0 Å². The summed E-state index contributed by atoms with van der Waals surface area (Å²) >= 11 is 0. The predicted molar refractivity (Wildman–Crippen MR) is 85.6 cm³/mol. The van der Waals surface area contributed by atoms with Gasteiger partial charge >= 0.3 is 5.97 Å². The molecule has 0 amide bonds. The molecule has 1 unspecified atom stereocenters. The summed E-state index contributed by atoms with van der Waals surface area (Å²) in [5.41, 5.74) is 0.918. The van der Waals surface area contributed by atoms with Crippen LogP contribution in [0.2, 0.25) is 0 Å². The highest BCUT2D eigenvalue weighted by Crippen LogP contribution is 2.14. The van der Waals surface area contributed by atoms with Crippen LogP contribution in [0.4, 0.5) is 0 Å². The lowest BCUT2D eigenvalue weighted by Gasteiger charge is -2.07. The third-order valence-electron chi connectivity index (χ3n) is 3.24. The summed E-state index contributed by atoms with van der Waals surface area (Å²) in [5.74, 6) is 10.2. The molecule has 0 aliphatic rings. The molecule has 0 fully saturated rings. The summed E-state index contributed by atoms with van der Waals surface area (Å²) in [7, 11) is 0. The fourth-order valence-corrected chi connectivity index (χ4v) is 1.97. The zero-order valence-corrected chi connectivity index (χ0v) is 12.6. The monoisotopic (exact) mass is 282 g/mol. The molecule has 0 aliphatic carbocycles. The smallest absolute Gasteiger partial charge is 0.307 e. The molecule has 0 bridgehead atoms. The second kappa shape index (κ2) is 10.6. The lowest BCUT2D eigenvalue weighted by atomic mass is 9.98. The first-order chi connectivity index (χ1) is 10.2. The van der Waals surface area contributed by atoms with Crippen molar-refractivity contribution in [2.45, 2.75) is 45.4 Å². The molecule has 21 heavy (non-hydrogen) atoms. The van der Waals surface area contributed by atoms with Gasteiger partial charge in [-0.25, -0.2) is 0 Å². The summed E-state index contributed by atoms with van der Waals surface area (Å²) in [6.45, 7) is 2.14. The first-order valence-electron chi connectivity index (χ1n) is 7.50. The topological polar surface area (TPSA) is 37.3 Å². The first-order valence-corrected chi connectivity index (χ1v) is 7.50. The Kier molecular flexibility index (Phi) is 8.50. The minimum absolute atomic E-state index is 0.368. The van der Waals surface area contributed by atoms with E-state index in [4.69, 9.17) is 5.11 Å². The van der Waals surface area contributed by atoms with E-state index in [1.807, 2.05) is 30.3 Å². The second-order valence-corrected chi connectivity index (χ2v) is 5.01. The third kappa shape index (κ3) is 7.85. The van der Waals surface area contributed by atoms with E-state index in [2.05, 4.69) is 30.6 Å². The molecule has 0 heterocycles. The highest BCUT2D eigenvalue weighted by atomic mass is 16.4. The van der Waals surface area contributed by atoms with Crippen LogP contribution in [0.5, 0.6) is 0 Å². The number of hydrogen-bond donors (Lipinski definition) is 1. The van der Waals surface area contributed by atoms with Crippen LogP contribution in [0.15, 0.2) is 30.3 Å². The van der Waals surface area contributed by atoms with Gasteiger partial charge in [-0.3, -0.25) is 4.79 Å². The van der Waals surface area contributed by atoms with Crippen molar-refractivity contribution in [1.82, 2.24) is 0 Å². The molecule has 2 heteroatoms. The van der Waals surface area contributed by atoms with Crippen molar-refractivity contribution >= 4 is 5.97 Å². The van der Waals surface area contributed by atoms with Crippen molar-refractivity contribution in [2.75, 3.05) is 0 Å². The van der Waals surface area contributed by atoms with Crippen LogP contribution in [0.3, 0.4) is 0 Å². The molecule has 0 aromatic heterocycles. The van der Waals surface area contributed by atoms with E-state index in [0.717, 1.165) is 24.8 Å². The Balaban J connectivity index is 2.42. The molecule has 2 nitrogen and oxygen atoms in total. The van der Waals surface area contributed by atoms with Crippen molar-refractivity contribution in [3.8, 4) is 23.7 Å². The number of carboxylic acids is 1. The van der Waals surface area contributed by atoms with E-state index in [-0.39, 0.29) is 5.92 Å². The molecule has 0 saturated carbocycles. The van der Waals surface area contributed by atoms with E-state index >= 15 is 0 Å². The molecule has 1 aromatic rings. The molecule has 1 atom stereocenters. The van der Waals surface area contributed by atoms with Crippen LogP contribution in [0.25, 0.3) is 0 Å². The van der Waals surface area contributed by atoms with Crippen LogP contribution >= 0.6 is 0 Å². The van der Waals surface area contributed by atoms with Gasteiger partial charge in [0.05, 0.1) is 5.92 Å². The molecule has 1 N–H and O–H groups in total. The Hall–Kier alpha value is -2.19. The number of aliphatic carboxylic acids is 1. The quantitative estimate of drug-likeness (QED) is 0.604. The van der Waals surface area contributed by atoms with Crippen molar-refractivity contribution in [3.63, 3.8) is 0 Å². The lowest BCUT2D eigenvalue weighted by Crippen LogP contribution is -2.12. The van der Waals surface area contributed by atoms with Crippen LogP contribution in [0, 0.1) is 29.6 Å². The van der Waals surface area contributed by atoms with Crippen LogP contribution in [-0.2, 0) is 4.79 Å². The molecule has 0 spiro atoms. The van der Waals surface area contributed by atoms with E-state index in [1.54, 1.807) is 0 Å². The number of rotatable bonds is 7. The maximum Gasteiger partial charge on any atom is 0.307 e. The van der Waals surface area contributed by atoms with Gasteiger partial charge in [-0.1, -0.05) is 62.6 Å². The average Bonchev–Trinajstić information content (AvgIpc) is 2.49. The Morgan fingerprint density at radius 2 is 1.90 bits per heavy atom. The molecule has 1 rings (SSSR count). The van der Waals surface area contributed by atoms with Crippen molar-refractivity contribution in [1.29, 1.82) is 0 Å². The fraction of sp³-hybridized carbons (Fsp3) is 0.421. The van der Waals surface area contributed by atoms with Gasteiger partial charge in [0.15, 0.2) is 0 Å². The predicted octanol–water partition coefficient (Wildman–Crippen LogP) is 4.10. The molecule has 110 valence electrons. The highest BCUT2D eigenvalue weighted by Gasteiger charge is 2.15. The third-order valence-corrected chi connectivity index (χ3v) is 3.24. The number of unbranched alkanes of at least 4 members (excludes halogenated alkanes) is 3. The van der Waals surface area contributed by atoms with E-state index < -0.39 is 5.97 Å². The second-order valence-electron chi connectivity index (χ2n) is 5.01.